The smallest absolute Gasteiger partial charge is 0.285 e. The number of hydrogen-bond acceptors (Lipinski definition) is 4. The van der Waals surface area contributed by atoms with Crippen molar-refractivity contribution in [1.29, 1.82) is 0 Å². The number of benzene rings is 1. The molecule has 0 aliphatic rings. The quantitative estimate of drug-likeness (QED) is 0.677. The largest absolute Gasteiger partial charge is 0.379 e. The predicted molar refractivity (Wildman–Crippen MR) is 76.0 cm³/mol. The van der Waals surface area contributed by atoms with E-state index in [0.717, 1.165) is 12.2 Å². The number of nitro groups is 1. The zero-order valence-electron chi connectivity index (χ0n) is 10.3. The molecule has 0 radical (unpaired) electrons. The van der Waals surface area contributed by atoms with Crippen molar-refractivity contribution in [3.05, 3.63) is 51.0 Å². The molecule has 1 aromatic carbocycles. The van der Waals surface area contributed by atoms with Crippen LogP contribution in [0.1, 0.15) is 12.6 Å². The summed E-state index contributed by atoms with van der Waals surface area (Å²) in [4.78, 5) is 14.5. The van der Waals surface area contributed by atoms with E-state index in [0.29, 0.717) is 16.7 Å². The first kappa shape index (κ1) is 13.5. The molecule has 0 unspecified atom stereocenters. The van der Waals surface area contributed by atoms with Crippen LogP contribution in [0.25, 0.3) is 0 Å². The van der Waals surface area contributed by atoms with Crippen molar-refractivity contribution >= 4 is 27.3 Å². The van der Waals surface area contributed by atoms with Gasteiger partial charge in [0.1, 0.15) is 0 Å². The number of nitrogens with one attached hydrogen (secondary N) is 1. The summed E-state index contributed by atoms with van der Waals surface area (Å²) in [7, 11) is 0. The van der Waals surface area contributed by atoms with Gasteiger partial charge in [-0.1, -0.05) is 0 Å². The lowest BCUT2D eigenvalue weighted by molar-refractivity contribution is -0.385. The van der Waals surface area contributed by atoms with Gasteiger partial charge in [0, 0.05) is 24.5 Å². The highest BCUT2D eigenvalue weighted by Crippen LogP contribution is 2.27. The normalized spacial score (nSPS) is 10.4. The fraction of sp³-hybridized carbons (Fsp3) is 0.250. The number of aromatic nitrogens is 2. The molecule has 100 valence electrons. The van der Waals surface area contributed by atoms with Gasteiger partial charge in [-0.2, -0.15) is 0 Å². The molecule has 0 fully saturated rings. The van der Waals surface area contributed by atoms with Gasteiger partial charge in [0.25, 0.3) is 5.69 Å². The zero-order chi connectivity index (χ0) is 13.8. The molecule has 0 saturated heterocycles. The minimum absolute atomic E-state index is 0.0500. The van der Waals surface area contributed by atoms with Crippen molar-refractivity contribution in [2.75, 3.05) is 5.32 Å². The van der Waals surface area contributed by atoms with Gasteiger partial charge in [0.05, 0.1) is 28.0 Å². The maximum atomic E-state index is 10.8. The molecule has 6 nitrogen and oxygen atoms in total. The van der Waals surface area contributed by atoms with Crippen LogP contribution in [0.3, 0.4) is 0 Å². The van der Waals surface area contributed by atoms with Crippen LogP contribution in [0.2, 0.25) is 0 Å². The van der Waals surface area contributed by atoms with Crippen LogP contribution in [0, 0.1) is 10.1 Å². The van der Waals surface area contributed by atoms with E-state index in [9.17, 15) is 10.1 Å². The van der Waals surface area contributed by atoms with Crippen molar-refractivity contribution < 1.29 is 4.92 Å². The molecular weight excluding hydrogens is 312 g/mol. The van der Waals surface area contributed by atoms with Gasteiger partial charge in [-0.15, -0.1) is 0 Å². The van der Waals surface area contributed by atoms with Crippen LogP contribution in [0.4, 0.5) is 11.4 Å². The molecule has 0 spiro atoms. The topological polar surface area (TPSA) is 73.0 Å². The van der Waals surface area contributed by atoms with E-state index in [2.05, 4.69) is 26.2 Å². The molecule has 2 aromatic rings. The van der Waals surface area contributed by atoms with Crippen molar-refractivity contribution in [2.24, 2.45) is 0 Å². The second-order valence-corrected chi connectivity index (χ2v) is 4.80. The maximum absolute atomic E-state index is 10.8. The Labute approximate surface area is 118 Å². The molecule has 1 aromatic heterocycles. The monoisotopic (exact) mass is 324 g/mol. The SMILES string of the molecule is CCn1cncc1CNc1ccc(Br)c([N+](=O)[O-])c1. The van der Waals surface area contributed by atoms with Crippen molar-refractivity contribution in [3.8, 4) is 0 Å². The highest BCUT2D eigenvalue weighted by atomic mass is 79.9. The Balaban J connectivity index is 2.12. The average Bonchev–Trinajstić information content (AvgIpc) is 2.84. The second kappa shape index (κ2) is 5.83. The summed E-state index contributed by atoms with van der Waals surface area (Å²) < 4.78 is 2.49. The number of rotatable bonds is 5. The van der Waals surface area contributed by atoms with E-state index >= 15 is 0 Å². The standard InChI is InChI=1S/C12H13BrN4O2/c1-2-16-8-14-6-10(16)7-15-9-3-4-11(13)12(5-9)17(18)19/h3-6,8,15H,2,7H2,1H3. The summed E-state index contributed by atoms with van der Waals surface area (Å²) in [6.07, 6.45) is 3.55. The van der Waals surface area contributed by atoms with E-state index in [1.165, 1.54) is 6.07 Å². The van der Waals surface area contributed by atoms with Gasteiger partial charge in [0.15, 0.2) is 0 Å². The zero-order valence-corrected chi connectivity index (χ0v) is 11.9. The Bertz CT molecular complexity index is 597. The maximum Gasteiger partial charge on any atom is 0.285 e. The van der Waals surface area contributed by atoms with Gasteiger partial charge in [-0.25, -0.2) is 4.98 Å². The lowest BCUT2D eigenvalue weighted by atomic mass is 10.2. The van der Waals surface area contributed by atoms with Gasteiger partial charge in [-0.05, 0) is 35.0 Å². The third-order valence-corrected chi connectivity index (χ3v) is 3.43. The minimum atomic E-state index is -0.411. The van der Waals surface area contributed by atoms with Crippen molar-refractivity contribution in [3.63, 3.8) is 0 Å². The van der Waals surface area contributed by atoms with Crippen LogP contribution in [0.15, 0.2) is 35.2 Å². The molecule has 2 rings (SSSR count). The molecule has 1 N–H and O–H groups in total. The lowest BCUT2D eigenvalue weighted by Gasteiger charge is -2.08. The molecular formula is C12H13BrN4O2. The summed E-state index contributed by atoms with van der Waals surface area (Å²) in [5.74, 6) is 0. The highest BCUT2D eigenvalue weighted by molar-refractivity contribution is 9.10. The molecule has 0 saturated carbocycles. The third kappa shape index (κ3) is 3.11. The van der Waals surface area contributed by atoms with E-state index in [4.69, 9.17) is 0 Å². The number of nitro benzene ring substituents is 1. The summed E-state index contributed by atoms with van der Waals surface area (Å²) >= 11 is 3.16. The molecule has 0 aliphatic carbocycles. The Kier molecular flexibility index (Phi) is 4.16. The lowest BCUT2D eigenvalue weighted by Crippen LogP contribution is -2.06. The second-order valence-electron chi connectivity index (χ2n) is 3.95. The fourth-order valence-corrected chi connectivity index (χ4v) is 2.13. The summed E-state index contributed by atoms with van der Waals surface area (Å²) in [5, 5.41) is 14.0. The molecule has 7 heteroatoms. The van der Waals surface area contributed by atoms with Crippen LogP contribution in [-0.4, -0.2) is 14.5 Å². The number of imidazole rings is 1. The first-order chi connectivity index (χ1) is 9.11. The van der Waals surface area contributed by atoms with E-state index < -0.39 is 4.92 Å². The number of anilines is 1. The number of halogens is 1. The van der Waals surface area contributed by atoms with E-state index in [1.54, 1.807) is 24.7 Å². The predicted octanol–water partition coefficient (Wildman–Crippen LogP) is 3.19. The van der Waals surface area contributed by atoms with Crippen LogP contribution in [0.5, 0.6) is 0 Å². The van der Waals surface area contributed by atoms with Crippen LogP contribution < -0.4 is 5.32 Å². The Morgan fingerprint density at radius 2 is 2.32 bits per heavy atom. The summed E-state index contributed by atoms with van der Waals surface area (Å²) in [6.45, 7) is 3.46. The molecule has 19 heavy (non-hydrogen) atoms. The third-order valence-electron chi connectivity index (χ3n) is 2.76. The van der Waals surface area contributed by atoms with E-state index in [1.807, 2.05) is 11.5 Å². The summed E-state index contributed by atoms with van der Waals surface area (Å²) in [5.41, 5.74) is 1.79. The van der Waals surface area contributed by atoms with Gasteiger partial charge in [0.2, 0.25) is 0 Å². The highest BCUT2D eigenvalue weighted by Gasteiger charge is 2.12. The molecule has 0 bridgehead atoms. The van der Waals surface area contributed by atoms with Crippen LogP contribution in [-0.2, 0) is 13.1 Å². The van der Waals surface area contributed by atoms with Crippen LogP contribution >= 0.6 is 15.9 Å². The fourth-order valence-electron chi connectivity index (χ4n) is 1.74. The Morgan fingerprint density at radius 1 is 1.53 bits per heavy atom. The molecule has 1 heterocycles. The van der Waals surface area contributed by atoms with Crippen molar-refractivity contribution in [2.45, 2.75) is 20.0 Å². The number of aryl methyl sites for hydroxylation is 1. The van der Waals surface area contributed by atoms with E-state index in [-0.39, 0.29) is 5.69 Å². The van der Waals surface area contributed by atoms with Gasteiger partial charge in [-0.3, -0.25) is 10.1 Å². The Morgan fingerprint density at radius 3 is 3.00 bits per heavy atom. The van der Waals surface area contributed by atoms with Gasteiger partial charge >= 0.3 is 0 Å². The molecule has 0 amide bonds. The average molecular weight is 325 g/mol. The molecule has 0 atom stereocenters. The first-order valence-corrected chi connectivity index (χ1v) is 6.58. The first-order valence-electron chi connectivity index (χ1n) is 5.78. The molecule has 0 aliphatic heterocycles. The Hall–Kier alpha value is -1.89. The number of hydrogen-bond donors (Lipinski definition) is 1. The minimum Gasteiger partial charge on any atom is -0.379 e. The van der Waals surface area contributed by atoms with Crippen molar-refractivity contribution in [1.82, 2.24) is 9.55 Å². The number of nitrogens with zero attached hydrogens (tertiary/aromatic N) is 3. The van der Waals surface area contributed by atoms with Gasteiger partial charge < -0.3 is 9.88 Å². The summed E-state index contributed by atoms with van der Waals surface area (Å²) in [6, 6.07) is 4.97.